The highest BCUT2D eigenvalue weighted by Gasteiger charge is 1.97. The lowest BCUT2D eigenvalue weighted by molar-refractivity contribution is -0.110. The summed E-state index contributed by atoms with van der Waals surface area (Å²) in [5.74, 6) is 0. The van der Waals surface area contributed by atoms with Crippen molar-refractivity contribution in [1.29, 1.82) is 0 Å². The smallest absolute Gasteiger partial charge is 0.225 e. The summed E-state index contributed by atoms with van der Waals surface area (Å²) in [6.45, 7) is 2.05. The van der Waals surface area contributed by atoms with E-state index in [1.807, 2.05) is 43.3 Å². The highest BCUT2D eigenvalue weighted by Crippen LogP contribution is 2.10. The summed E-state index contributed by atoms with van der Waals surface area (Å²) in [5.41, 5.74) is 7.24. The van der Waals surface area contributed by atoms with Crippen LogP contribution in [0.4, 0.5) is 0 Å². The van der Waals surface area contributed by atoms with Gasteiger partial charge in [0.05, 0.1) is 5.70 Å². The van der Waals surface area contributed by atoms with Crippen molar-refractivity contribution in [2.24, 2.45) is 0 Å². The second kappa shape index (κ2) is 5.80. The molecule has 0 saturated carbocycles. The predicted molar refractivity (Wildman–Crippen MR) is 57.0 cm³/mol. The molecule has 0 fully saturated rings. The van der Waals surface area contributed by atoms with Crippen molar-refractivity contribution in [3.63, 3.8) is 0 Å². The summed E-state index contributed by atoms with van der Waals surface area (Å²) in [5, 5.41) is 0. The first-order valence-corrected chi connectivity index (χ1v) is 4.59. The van der Waals surface area contributed by atoms with Gasteiger partial charge in [0.1, 0.15) is 0 Å². The largest absolute Gasteiger partial charge is 0.299 e. The van der Waals surface area contributed by atoms with Gasteiger partial charge in [-0.1, -0.05) is 43.3 Å². The van der Waals surface area contributed by atoms with Gasteiger partial charge in [0, 0.05) is 0 Å². The van der Waals surface area contributed by atoms with Crippen LogP contribution in [-0.4, -0.2) is 6.41 Å². The van der Waals surface area contributed by atoms with Crippen molar-refractivity contribution in [3.05, 3.63) is 42.0 Å². The van der Waals surface area contributed by atoms with E-state index in [-0.39, 0.29) is 0 Å². The van der Waals surface area contributed by atoms with Crippen LogP contribution >= 0.6 is 0 Å². The predicted octanol–water partition coefficient (Wildman–Crippen LogP) is 1.69. The normalized spacial score (nSPS) is 10.8. The lowest BCUT2D eigenvalue weighted by Gasteiger charge is -2.09. The van der Waals surface area contributed by atoms with Crippen LogP contribution in [0.25, 0.3) is 5.70 Å². The summed E-state index contributed by atoms with van der Waals surface area (Å²) in [6, 6.07) is 9.85. The van der Waals surface area contributed by atoms with Crippen molar-refractivity contribution in [3.8, 4) is 0 Å². The summed E-state index contributed by atoms with van der Waals surface area (Å²) in [4.78, 5) is 10.1. The first-order chi connectivity index (χ1) is 6.88. The van der Waals surface area contributed by atoms with Crippen LogP contribution in [0.15, 0.2) is 36.4 Å². The Morgan fingerprint density at radius 2 is 2.07 bits per heavy atom. The molecule has 0 saturated heterocycles. The summed E-state index contributed by atoms with van der Waals surface area (Å²) < 4.78 is 0. The molecule has 0 spiro atoms. The Bertz CT molecular complexity index is 306. The molecule has 1 amide bonds. The van der Waals surface area contributed by atoms with Crippen molar-refractivity contribution < 1.29 is 4.79 Å². The van der Waals surface area contributed by atoms with Crippen molar-refractivity contribution in [2.45, 2.75) is 13.3 Å². The number of benzene rings is 1. The molecule has 3 heteroatoms. The molecular formula is C11H14N2O. The van der Waals surface area contributed by atoms with E-state index in [1.165, 1.54) is 0 Å². The molecule has 0 unspecified atom stereocenters. The molecule has 1 aromatic carbocycles. The minimum Gasteiger partial charge on any atom is -0.299 e. The SMILES string of the molecule is CC/C=C(/NNC=O)c1ccccc1. The third-order valence-electron chi connectivity index (χ3n) is 1.76. The fraction of sp³-hybridized carbons (Fsp3) is 0.182. The van der Waals surface area contributed by atoms with Gasteiger partial charge in [0.25, 0.3) is 0 Å². The number of carbonyl (C=O) groups excluding carboxylic acids is 1. The van der Waals surface area contributed by atoms with Crippen molar-refractivity contribution in [1.82, 2.24) is 10.9 Å². The molecule has 0 heterocycles. The number of hydrogen-bond donors (Lipinski definition) is 2. The maximum absolute atomic E-state index is 10.1. The molecule has 0 aliphatic carbocycles. The number of rotatable bonds is 5. The van der Waals surface area contributed by atoms with Gasteiger partial charge in [0.15, 0.2) is 0 Å². The molecular weight excluding hydrogens is 176 g/mol. The maximum atomic E-state index is 10.1. The summed E-state index contributed by atoms with van der Waals surface area (Å²) in [7, 11) is 0. The number of allylic oxidation sites excluding steroid dienone is 1. The molecule has 14 heavy (non-hydrogen) atoms. The van der Waals surface area contributed by atoms with Crippen LogP contribution in [0.2, 0.25) is 0 Å². The van der Waals surface area contributed by atoms with E-state index in [0.717, 1.165) is 17.7 Å². The Morgan fingerprint density at radius 3 is 2.64 bits per heavy atom. The topological polar surface area (TPSA) is 41.1 Å². The number of hydrazine groups is 1. The van der Waals surface area contributed by atoms with Gasteiger partial charge in [-0.15, -0.1) is 0 Å². The maximum Gasteiger partial charge on any atom is 0.225 e. The Morgan fingerprint density at radius 1 is 1.36 bits per heavy atom. The molecule has 0 atom stereocenters. The van der Waals surface area contributed by atoms with Gasteiger partial charge >= 0.3 is 0 Å². The van der Waals surface area contributed by atoms with Crippen molar-refractivity contribution >= 4 is 12.1 Å². The Kier molecular flexibility index (Phi) is 4.27. The van der Waals surface area contributed by atoms with E-state index in [2.05, 4.69) is 10.9 Å². The van der Waals surface area contributed by atoms with Crippen LogP contribution in [0.5, 0.6) is 0 Å². The van der Waals surface area contributed by atoms with Gasteiger partial charge < -0.3 is 0 Å². The van der Waals surface area contributed by atoms with E-state index in [9.17, 15) is 4.79 Å². The number of carbonyl (C=O) groups is 1. The zero-order chi connectivity index (χ0) is 10.2. The first kappa shape index (κ1) is 10.3. The van der Waals surface area contributed by atoms with E-state index in [4.69, 9.17) is 0 Å². The van der Waals surface area contributed by atoms with Crippen LogP contribution < -0.4 is 10.9 Å². The molecule has 74 valence electrons. The van der Waals surface area contributed by atoms with Crippen molar-refractivity contribution in [2.75, 3.05) is 0 Å². The average Bonchev–Trinajstić information content (AvgIpc) is 2.25. The Hall–Kier alpha value is -1.77. The van der Waals surface area contributed by atoms with Crippen LogP contribution in [0.3, 0.4) is 0 Å². The standard InChI is InChI=1S/C11H14N2O/c1-2-6-11(13-12-9-14)10-7-4-3-5-8-10/h3-9,13H,2H2,1H3,(H,12,14)/b11-6+. The van der Waals surface area contributed by atoms with E-state index < -0.39 is 0 Å². The van der Waals surface area contributed by atoms with Crippen LogP contribution in [0.1, 0.15) is 18.9 Å². The Balaban J connectivity index is 2.78. The third-order valence-corrected chi connectivity index (χ3v) is 1.76. The molecule has 1 rings (SSSR count). The number of hydrogen-bond acceptors (Lipinski definition) is 2. The molecule has 0 aromatic heterocycles. The number of nitrogens with one attached hydrogen (secondary N) is 2. The minimum atomic E-state index is 0.618. The zero-order valence-electron chi connectivity index (χ0n) is 8.16. The molecule has 0 radical (unpaired) electrons. The van der Waals surface area contributed by atoms with Gasteiger partial charge in [-0.2, -0.15) is 0 Å². The third kappa shape index (κ3) is 2.94. The highest BCUT2D eigenvalue weighted by molar-refractivity contribution is 5.64. The van der Waals surface area contributed by atoms with E-state index in [1.54, 1.807) is 0 Å². The molecule has 1 aromatic rings. The molecule has 0 aliphatic heterocycles. The van der Waals surface area contributed by atoms with Crippen LogP contribution in [0, 0.1) is 0 Å². The quantitative estimate of drug-likeness (QED) is 0.548. The van der Waals surface area contributed by atoms with E-state index in [0.29, 0.717) is 6.41 Å². The van der Waals surface area contributed by atoms with Gasteiger partial charge in [-0.3, -0.25) is 15.6 Å². The second-order valence-electron chi connectivity index (χ2n) is 2.78. The molecule has 3 nitrogen and oxygen atoms in total. The molecule has 2 N–H and O–H groups in total. The lowest BCUT2D eigenvalue weighted by atomic mass is 10.1. The monoisotopic (exact) mass is 190 g/mol. The fourth-order valence-electron chi connectivity index (χ4n) is 1.17. The highest BCUT2D eigenvalue weighted by atomic mass is 16.1. The molecule has 0 aliphatic rings. The minimum absolute atomic E-state index is 0.618. The van der Waals surface area contributed by atoms with Gasteiger partial charge in [-0.05, 0) is 12.0 Å². The van der Waals surface area contributed by atoms with E-state index >= 15 is 0 Å². The Labute approximate surface area is 83.8 Å². The number of amides is 1. The fourth-order valence-corrected chi connectivity index (χ4v) is 1.17. The molecule has 0 bridgehead atoms. The van der Waals surface area contributed by atoms with Gasteiger partial charge in [-0.25, -0.2) is 0 Å². The second-order valence-corrected chi connectivity index (χ2v) is 2.78. The zero-order valence-corrected chi connectivity index (χ0v) is 8.16. The lowest BCUT2D eigenvalue weighted by Crippen LogP contribution is -2.28. The summed E-state index contributed by atoms with van der Waals surface area (Å²) >= 11 is 0. The van der Waals surface area contributed by atoms with Gasteiger partial charge in [0.2, 0.25) is 6.41 Å². The first-order valence-electron chi connectivity index (χ1n) is 4.59. The van der Waals surface area contributed by atoms with Crippen LogP contribution in [-0.2, 0) is 4.79 Å². The summed E-state index contributed by atoms with van der Waals surface area (Å²) in [6.07, 6.45) is 3.55. The average molecular weight is 190 g/mol.